The minimum absolute atomic E-state index is 0.0714. The van der Waals surface area contributed by atoms with Crippen molar-refractivity contribution in [1.29, 1.82) is 0 Å². The number of amides is 1. The maximum atomic E-state index is 11.4. The first kappa shape index (κ1) is 9.84. The highest BCUT2D eigenvalue weighted by atomic mass is 16.2. The Morgan fingerprint density at radius 1 is 1.54 bits per heavy atom. The van der Waals surface area contributed by atoms with E-state index in [2.05, 4.69) is 10.3 Å². The molecular weight excluding hydrogens is 164 g/mol. The van der Waals surface area contributed by atoms with Crippen molar-refractivity contribution in [1.82, 2.24) is 10.3 Å². The molecule has 0 radical (unpaired) electrons. The van der Waals surface area contributed by atoms with E-state index in [4.69, 9.17) is 0 Å². The van der Waals surface area contributed by atoms with Crippen LogP contribution in [0.15, 0.2) is 18.3 Å². The molecule has 72 valence electrons. The standard InChI is InChI=1S/C10H16N2O/c1-10(2,3)9(13)12-7-8-5-4-6-11-8/h4-6,11H,7H2,1-3H3,(H,12,13). The fourth-order valence-corrected chi connectivity index (χ4v) is 0.918. The van der Waals surface area contributed by atoms with Crippen LogP contribution in [-0.4, -0.2) is 10.9 Å². The Kier molecular flexibility index (Phi) is 2.76. The molecule has 1 rings (SSSR count). The van der Waals surface area contributed by atoms with Crippen LogP contribution in [0.3, 0.4) is 0 Å². The Morgan fingerprint density at radius 2 is 2.23 bits per heavy atom. The van der Waals surface area contributed by atoms with Crippen LogP contribution in [0.5, 0.6) is 0 Å². The molecule has 0 aromatic carbocycles. The lowest BCUT2D eigenvalue weighted by Gasteiger charge is -2.17. The van der Waals surface area contributed by atoms with Crippen LogP contribution in [0.1, 0.15) is 26.5 Å². The molecule has 0 aliphatic heterocycles. The molecule has 0 saturated heterocycles. The Hall–Kier alpha value is -1.25. The molecule has 3 heteroatoms. The lowest BCUT2D eigenvalue weighted by molar-refractivity contribution is -0.128. The van der Waals surface area contributed by atoms with Crippen molar-refractivity contribution in [3.05, 3.63) is 24.0 Å². The quantitative estimate of drug-likeness (QED) is 0.714. The highest BCUT2D eigenvalue weighted by molar-refractivity contribution is 5.81. The molecule has 1 heterocycles. The first-order chi connectivity index (χ1) is 6.00. The van der Waals surface area contributed by atoms with E-state index in [9.17, 15) is 4.79 Å². The van der Waals surface area contributed by atoms with Crippen molar-refractivity contribution in [2.24, 2.45) is 5.41 Å². The summed E-state index contributed by atoms with van der Waals surface area (Å²) in [6.45, 7) is 6.27. The summed E-state index contributed by atoms with van der Waals surface area (Å²) in [7, 11) is 0. The zero-order chi connectivity index (χ0) is 9.90. The van der Waals surface area contributed by atoms with E-state index in [0.717, 1.165) is 5.69 Å². The normalized spacial score (nSPS) is 11.3. The summed E-state index contributed by atoms with van der Waals surface area (Å²) in [5.41, 5.74) is 0.713. The van der Waals surface area contributed by atoms with Gasteiger partial charge in [0.2, 0.25) is 5.91 Å². The van der Waals surface area contributed by atoms with E-state index in [0.29, 0.717) is 6.54 Å². The van der Waals surface area contributed by atoms with Gasteiger partial charge in [0, 0.05) is 17.3 Å². The number of aromatic amines is 1. The van der Waals surface area contributed by atoms with Crippen molar-refractivity contribution in [2.75, 3.05) is 0 Å². The molecule has 3 nitrogen and oxygen atoms in total. The van der Waals surface area contributed by atoms with Gasteiger partial charge in [0.25, 0.3) is 0 Å². The van der Waals surface area contributed by atoms with Crippen molar-refractivity contribution >= 4 is 5.91 Å². The van der Waals surface area contributed by atoms with Crippen LogP contribution in [0.2, 0.25) is 0 Å². The first-order valence-electron chi connectivity index (χ1n) is 4.41. The van der Waals surface area contributed by atoms with E-state index in [1.165, 1.54) is 0 Å². The number of carbonyl (C=O) groups excluding carboxylic acids is 1. The number of aromatic nitrogens is 1. The Bertz CT molecular complexity index is 270. The lowest BCUT2D eigenvalue weighted by Crippen LogP contribution is -2.34. The van der Waals surface area contributed by atoms with Gasteiger partial charge in [-0.2, -0.15) is 0 Å². The van der Waals surface area contributed by atoms with E-state index in [1.807, 2.05) is 39.1 Å². The number of H-pyrrole nitrogens is 1. The molecule has 13 heavy (non-hydrogen) atoms. The number of carbonyl (C=O) groups is 1. The molecule has 1 aromatic heterocycles. The van der Waals surface area contributed by atoms with Crippen LogP contribution in [0, 0.1) is 5.41 Å². The van der Waals surface area contributed by atoms with Gasteiger partial charge >= 0.3 is 0 Å². The van der Waals surface area contributed by atoms with Gasteiger partial charge < -0.3 is 10.3 Å². The van der Waals surface area contributed by atoms with E-state index in [1.54, 1.807) is 0 Å². The molecule has 0 aliphatic rings. The van der Waals surface area contributed by atoms with Gasteiger partial charge in [-0.15, -0.1) is 0 Å². The predicted molar refractivity (Wildman–Crippen MR) is 52.1 cm³/mol. The van der Waals surface area contributed by atoms with E-state index >= 15 is 0 Å². The van der Waals surface area contributed by atoms with E-state index in [-0.39, 0.29) is 11.3 Å². The second-order valence-electron chi connectivity index (χ2n) is 4.13. The third-order valence-corrected chi connectivity index (χ3v) is 1.78. The second kappa shape index (κ2) is 3.64. The van der Waals surface area contributed by atoms with Crippen molar-refractivity contribution in [2.45, 2.75) is 27.3 Å². The fourth-order valence-electron chi connectivity index (χ4n) is 0.918. The molecule has 0 saturated carbocycles. The van der Waals surface area contributed by atoms with Gasteiger partial charge in [0.05, 0.1) is 6.54 Å². The summed E-state index contributed by atoms with van der Waals surface area (Å²) in [5, 5.41) is 2.85. The van der Waals surface area contributed by atoms with E-state index < -0.39 is 0 Å². The Morgan fingerprint density at radius 3 is 2.69 bits per heavy atom. The molecular formula is C10H16N2O. The number of hydrogen-bond donors (Lipinski definition) is 2. The fraction of sp³-hybridized carbons (Fsp3) is 0.500. The largest absolute Gasteiger partial charge is 0.364 e. The Labute approximate surface area is 78.5 Å². The summed E-state index contributed by atoms with van der Waals surface area (Å²) < 4.78 is 0. The molecule has 0 aliphatic carbocycles. The van der Waals surface area contributed by atoms with Crippen molar-refractivity contribution in [3.63, 3.8) is 0 Å². The van der Waals surface area contributed by atoms with Crippen LogP contribution < -0.4 is 5.32 Å². The highest BCUT2D eigenvalue weighted by Crippen LogP contribution is 2.12. The van der Waals surface area contributed by atoms with Crippen LogP contribution in [0.25, 0.3) is 0 Å². The summed E-state index contributed by atoms with van der Waals surface area (Å²) in [6, 6.07) is 3.86. The summed E-state index contributed by atoms with van der Waals surface area (Å²) >= 11 is 0. The van der Waals surface area contributed by atoms with Crippen molar-refractivity contribution < 1.29 is 4.79 Å². The van der Waals surface area contributed by atoms with Gasteiger partial charge in [0.1, 0.15) is 0 Å². The number of rotatable bonds is 2. The summed E-state index contributed by atoms with van der Waals surface area (Å²) in [6.07, 6.45) is 1.85. The summed E-state index contributed by atoms with van der Waals surface area (Å²) in [4.78, 5) is 14.5. The topological polar surface area (TPSA) is 44.9 Å². The van der Waals surface area contributed by atoms with Crippen LogP contribution in [0.4, 0.5) is 0 Å². The molecule has 0 atom stereocenters. The zero-order valence-electron chi connectivity index (χ0n) is 8.35. The molecule has 0 fully saturated rings. The van der Waals surface area contributed by atoms with Gasteiger partial charge in [-0.3, -0.25) is 4.79 Å². The predicted octanol–water partition coefficient (Wildman–Crippen LogP) is 1.68. The molecule has 1 amide bonds. The molecule has 0 bridgehead atoms. The number of nitrogens with one attached hydrogen (secondary N) is 2. The SMILES string of the molecule is CC(C)(C)C(=O)NCc1ccc[nH]1. The highest BCUT2D eigenvalue weighted by Gasteiger charge is 2.20. The third kappa shape index (κ3) is 2.93. The smallest absolute Gasteiger partial charge is 0.225 e. The first-order valence-corrected chi connectivity index (χ1v) is 4.41. The lowest BCUT2D eigenvalue weighted by atomic mass is 9.96. The zero-order valence-corrected chi connectivity index (χ0v) is 8.35. The van der Waals surface area contributed by atoms with Gasteiger partial charge in [0.15, 0.2) is 0 Å². The van der Waals surface area contributed by atoms with Crippen LogP contribution >= 0.6 is 0 Å². The minimum Gasteiger partial charge on any atom is -0.364 e. The monoisotopic (exact) mass is 180 g/mol. The van der Waals surface area contributed by atoms with Gasteiger partial charge in [-0.25, -0.2) is 0 Å². The van der Waals surface area contributed by atoms with Crippen molar-refractivity contribution in [3.8, 4) is 0 Å². The molecule has 1 aromatic rings. The third-order valence-electron chi connectivity index (χ3n) is 1.78. The maximum Gasteiger partial charge on any atom is 0.225 e. The minimum atomic E-state index is -0.313. The summed E-state index contributed by atoms with van der Waals surface area (Å²) in [5.74, 6) is 0.0714. The molecule has 0 spiro atoms. The Balaban J connectivity index is 2.40. The van der Waals surface area contributed by atoms with Gasteiger partial charge in [-0.05, 0) is 12.1 Å². The average molecular weight is 180 g/mol. The van der Waals surface area contributed by atoms with Gasteiger partial charge in [-0.1, -0.05) is 20.8 Å². The number of hydrogen-bond acceptors (Lipinski definition) is 1. The average Bonchev–Trinajstić information content (AvgIpc) is 2.50. The molecule has 0 unspecified atom stereocenters. The maximum absolute atomic E-state index is 11.4. The van der Waals surface area contributed by atoms with Crippen LogP contribution in [-0.2, 0) is 11.3 Å². The second-order valence-corrected chi connectivity index (χ2v) is 4.13. The molecule has 2 N–H and O–H groups in total.